The van der Waals surface area contributed by atoms with Crippen molar-refractivity contribution in [3.8, 4) is 0 Å². The molecule has 17 heavy (non-hydrogen) atoms. The van der Waals surface area contributed by atoms with Gasteiger partial charge in [-0.15, -0.1) is 0 Å². The van der Waals surface area contributed by atoms with Crippen molar-refractivity contribution in [2.75, 3.05) is 19.3 Å². The summed E-state index contributed by atoms with van der Waals surface area (Å²) in [5.41, 5.74) is 0. The first-order valence-electron chi connectivity index (χ1n) is 4.95. The molecule has 1 saturated heterocycles. The Balaban J connectivity index is 2.76. The van der Waals surface area contributed by atoms with E-state index in [0.29, 0.717) is 4.90 Å². The van der Waals surface area contributed by atoms with E-state index >= 15 is 0 Å². The maximum atomic E-state index is 12.5. The van der Waals surface area contributed by atoms with E-state index in [1.807, 2.05) is 4.72 Å². The van der Waals surface area contributed by atoms with Crippen LogP contribution in [-0.2, 0) is 14.8 Å². The predicted octanol–water partition coefficient (Wildman–Crippen LogP) is 0.0889. The number of hydrogen-bond donors (Lipinski definition) is 1. The van der Waals surface area contributed by atoms with Crippen LogP contribution >= 0.6 is 0 Å². The van der Waals surface area contributed by atoms with Crippen LogP contribution in [0, 0.1) is 0 Å². The van der Waals surface area contributed by atoms with E-state index in [1.54, 1.807) is 0 Å². The summed E-state index contributed by atoms with van der Waals surface area (Å²) >= 11 is 0. The molecular formula is C8H13F3N2O3S. The summed E-state index contributed by atoms with van der Waals surface area (Å²) in [6.07, 6.45) is -4.44. The van der Waals surface area contributed by atoms with Crippen molar-refractivity contribution in [1.29, 1.82) is 0 Å². The lowest BCUT2D eigenvalue weighted by atomic mass is 10.2. The molecule has 0 aromatic carbocycles. The lowest BCUT2D eigenvalue weighted by molar-refractivity contribution is -0.181. The second kappa shape index (κ2) is 4.81. The molecule has 0 unspecified atom stereocenters. The minimum absolute atomic E-state index is 0.0533. The van der Waals surface area contributed by atoms with Gasteiger partial charge < -0.3 is 4.90 Å². The molecule has 1 atom stereocenters. The van der Waals surface area contributed by atoms with Gasteiger partial charge >= 0.3 is 6.18 Å². The molecule has 1 fully saturated rings. The molecule has 0 aromatic rings. The molecule has 100 valence electrons. The first-order chi connectivity index (χ1) is 7.67. The molecule has 9 heteroatoms. The van der Waals surface area contributed by atoms with Crippen LogP contribution in [0.5, 0.6) is 0 Å². The Morgan fingerprint density at radius 3 is 2.53 bits per heavy atom. The van der Waals surface area contributed by atoms with Gasteiger partial charge in [-0.05, 0) is 19.9 Å². The van der Waals surface area contributed by atoms with Crippen LogP contribution in [0.1, 0.15) is 12.8 Å². The van der Waals surface area contributed by atoms with E-state index < -0.39 is 33.9 Å². The fraction of sp³-hybridized carbons (Fsp3) is 0.875. The molecule has 1 N–H and O–H groups in total. The van der Waals surface area contributed by atoms with Gasteiger partial charge in [0, 0.05) is 6.54 Å². The molecule has 0 bridgehead atoms. The molecule has 0 saturated carbocycles. The second-order valence-electron chi connectivity index (χ2n) is 3.75. The summed E-state index contributed by atoms with van der Waals surface area (Å²) in [5, 5.41) is 0. The third kappa shape index (κ3) is 3.56. The summed E-state index contributed by atoms with van der Waals surface area (Å²) in [5.74, 6) is -1.96. The zero-order chi connectivity index (χ0) is 13.3. The zero-order valence-corrected chi connectivity index (χ0v) is 9.94. The topological polar surface area (TPSA) is 66.5 Å². The Morgan fingerprint density at radius 1 is 1.47 bits per heavy atom. The van der Waals surface area contributed by atoms with Crippen molar-refractivity contribution in [2.45, 2.75) is 25.1 Å². The summed E-state index contributed by atoms with van der Waals surface area (Å²) in [6.45, 7) is -0.0533. The Morgan fingerprint density at radius 2 is 2.06 bits per heavy atom. The van der Waals surface area contributed by atoms with Gasteiger partial charge in [0.25, 0.3) is 0 Å². The molecule has 0 spiro atoms. The van der Waals surface area contributed by atoms with E-state index in [2.05, 4.69) is 0 Å². The van der Waals surface area contributed by atoms with E-state index in [-0.39, 0.29) is 19.4 Å². The van der Waals surface area contributed by atoms with Gasteiger partial charge in [0.15, 0.2) is 0 Å². The monoisotopic (exact) mass is 274 g/mol. The SMILES string of the molecule is CNS(=O)(=O)CC(=O)N1CCC[C@H]1C(F)(F)F. The minimum atomic E-state index is -4.50. The molecular weight excluding hydrogens is 261 g/mol. The quantitative estimate of drug-likeness (QED) is 0.793. The molecule has 5 nitrogen and oxygen atoms in total. The van der Waals surface area contributed by atoms with Crippen LogP contribution in [0.4, 0.5) is 13.2 Å². The highest BCUT2D eigenvalue weighted by molar-refractivity contribution is 7.90. The highest BCUT2D eigenvalue weighted by Crippen LogP contribution is 2.32. The number of nitrogens with one attached hydrogen (secondary N) is 1. The minimum Gasteiger partial charge on any atom is -0.330 e. The van der Waals surface area contributed by atoms with E-state index in [9.17, 15) is 26.4 Å². The predicted molar refractivity (Wildman–Crippen MR) is 53.6 cm³/mol. The Kier molecular flexibility index (Phi) is 4.03. The van der Waals surface area contributed by atoms with Crippen LogP contribution < -0.4 is 4.72 Å². The van der Waals surface area contributed by atoms with E-state index in [1.165, 1.54) is 0 Å². The molecule has 1 amide bonds. The van der Waals surface area contributed by atoms with Gasteiger partial charge in [0.2, 0.25) is 15.9 Å². The average molecular weight is 274 g/mol. The highest BCUT2D eigenvalue weighted by atomic mass is 32.2. The summed E-state index contributed by atoms with van der Waals surface area (Å²) < 4.78 is 61.6. The van der Waals surface area contributed by atoms with Crippen molar-refractivity contribution in [3.63, 3.8) is 0 Å². The number of carbonyl (C=O) groups is 1. The van der Waals surface area contributed by atoms with Crippen LogP contribution in [0.2, 0.25) is 0 Å². The molecule has 1 heterocycles. The third-order valence-corrected chi connectivity index (χ3v) is 3.82. The number of hydrogen-bond acceptors (Lipinski definition) is 3. The smallest absolute Gasteiger partial charge is 0.330 e. The fourth-order valence-electron chi connectivity index (χ4n) is 1.72. The lowest BCUT2D eigenvalue weighted by Gasteiger charge is -2.26. The van der Waals surface area contributed by atoms with Gasteiger partial charge in [0.05, 0.1) is 0 Å². The largest absolute Gasteiger partial charge is 0.408 e. The highest BCUT2D eigenvalue weighted by Gasteiger charge is 2.47. The van der Waals surface area contributed by atoms with Crippen LogP contribution in [0.25, 0.3) is 0 Å². The number of alkyl halides is 3. The average Bonchev–Trinajstić information content (AvgIpc) is 2.64. The van der Waals surface area contributed by atoms with Gasteiger partial charge in [-0.25, -0.2) is 13.1 Å². The van der Waals surface area contributed by atoms with Gasteiger partial charge in [-0.3, -0.25) is 4.79 Å². The Bertz CT molecular complexity index is 393. The summed E-state index contributed by atoms with van der Waals surface area (Å²) in [4.78, 5) is 12.1. The van der Waals surface area contributed by atoms with Crippen molar-refractivity contribution < 1.29 is 26.4 Å². The van der Waals surface area contributed by atoms with E-state index in [0.717, 1.165) is 7.05 Å². The maximum absolute atomic E-state index is 12.5. The number of nitrogens with zero attached hydrogens (tertiary/aromatic N) is 1. The van der Waals surface area contributed by atoms with Crippen LogP contribution in [-0.4, -0.2) is 50.8 Å². The molecule has 0 aromatic heterocycles. The maximum Gasteiger partial charge on any atom is 0.408 e. The number of halogens is 3. The van der Waals surface area contributed by atoms with Crippen molar-refractivity contribution >= 4 is 15.9 Å². The standard InChI is InChI=1S/C8H13F3N2O3S/c1-12-17(15,16)5-7(14)13-4-2-3-6(13)8(9,10)11/h6,12H,2-5H2,1H3/t6-/m0/s1. The lowest BCUT2D eigenvalue weighted by Crippen LogP contribution is -2.47. The second-order valence-corrected chi connectivity index (χ2v) is 5.68. The number of amides is 1. The Hall–Kier alpha value is -0.830. The van der Waals surface area contributed by atoms with Gasteiger partial charge in [0.1, 0.15) is 11.8 Å². The molecule has 0 radical (unpaired) electrons. The van der Waals surface area contributed by atoms with Crippen LogP contribution in [0.3, 0.4) is 0 Å². The van der Waals surface area contributed by atoms with E-state index in [4.69, 9.17) is 0 Å². The van der Waals surface area contributed by atoms with Crippen LogP contribution in [0.15, 0.2) is 0 Å². The summed E-state index contributed by atoms with van der Waals surface area (Å²) in [7, 11) is -2.73. The van der Waals surface area contributed by atoms with Gasteiger partial charge in [-0.1, -0.05) is 0 Å². The number of sulfonamides is 1. The zero-order valence-electron chi connectivity index (χ0n) is 9.12. The number of rotatable bonds is 3. The first kappa shape index (κ1) is 14.2. The molecule has 1 rings (SSSR count). The molecule has 0 aliphatic carbocycles. The molecule has 1 aliphatic rings. The number of carbonyl (C=O) groups excluding carboxylic acids is 1. The van der Waals surface area contributed by atoms with Crippen molar-refractivity contribution in [3.05, 3.63) is 0 Å². The Labute approximate surface area is 97.0 Å². The molecule has 1 aliphatic heterocycles. The normalized spacial score (nSPS) is 21.9. The first-order valence-corrected chi connectivity index (χ1v) is 6.60. The third-order valence-electron chi connectivity index (χ3n) is 2.58. The van der Waals surface area contributed by atoms with Crippen molar-refractivity contribution in [2.24, 2.45) is 0 Å². The van der Waals surface area contributed by atoms with Crippen molar-refractivity contribution in [1.82, 2.24) is 9.62 Å². The number of likely N-dealkylation sites (tertiary alicyclic amines) is 1. The van der Waals surface area contributed by atoms with Gasteiger partial charge in [-0.2, -0.15) is 13.2 Å². The summed E-state index contributed by atoms with van der Waals surface area (Å²) in [6, 6.07) is -1.86. The fourth-order valence-corrected chi connectivity index (χ4v) is 2.36.